The standard InChI is InChI=1S/C16H22F3N3O/c1-2-22(12-16(17,18)19)15(23)14-4-3-9-21(11-14)10-13-5-7-20-8-6-13/h5-8,14H,2-4,9-12H2,1H3/t14-/m0/s1. The van der Waals surface area contributed by atoms with Crippen molar-refractivity contribution in [3.05, 3.63) is 30.1 Å². The van der Waals surface area contributed by atoms with Crippen molar-refractivity contribution in [1.82, 2.24) is 14.8 Å². The zero-order valence-electron chi connectivity index (χ0n) is 13.2. The number of likely N-dealkylation sites (tertiary alicyclic amines) is 1. The summed E-state index contributed by atoms with van der Waals surface area (Å²) in [6, 6.07) is 3.82. The number of amides is 1. The number of carbonyl (C=O) groups excluding carboxylic acids is 1. The van der Waals surface area contributed by atoms with Crippen LogP contribution in [-0.4, -0.2) is 53.0 Å². The summed E-state index contributed by atoms with van der Waals surface area (Å²) in [5.41, 5.74) is 1.09. The minimum Gasteiger partial charge on any atom is -0.334 e. The third-order valence-corrected chi connectivity index (χ3v) is 4.07. The highest BCUT2D eigenvalue weighted by Gasteiger charge is 2.35. The van der Waals surface area contributed by atoms with E-state index in [0.29, 0.717) is 19.5 Å². The van der Waals surface area contributed by atoms with Crippen molar-refractivity contribution in [2.45, 2.75) is 32.5 Å². The van der Waals surface area contributed by atoms with E-state index in [1.807, 2.05) is 12.1 Å². The molecule has 0 bridgehead atoms. The lowest BCUT2D eigenvalue weighted by molar-refractivity contribution is -0.164. The number of piperidine rings is 1. The maximum Gasteiger partial charge on any atom is 0.406 e. The number of hydrogen-bond donors (Lipinski definition) is 0. The van der Waals surface area contributed by atoms with Gasteiger partial charge in [0.1, 0.15) is 6.54 Å². The van der Waals surface area contributed by atoms with Crippen LogP contribution in [0.1, 0.15) is 25.3 Å². The van der Waals surface area contributed by atoms with E-state index < -0.39 is 12.7 Å². The minimum atomic E-state index is -4.35. The predicted octanol–water partition coefficient (Wildman–Crippen LogP) is 2.70. The van der Waals surface area contributed by atoms with Gasteiger partial charge in [0.25, 0.3) is 0 Å². The molecule has 1 aromatic rings. The van der Waals surface area contributed by atoms with Crippen molar-refractivity contribution in [3.63, 3.8) is 0 Å². The van der Waals surface area contributed by atoms with Gasteiger partial charge in [-0.05, 0) is 44.0 Å². The summed E-state index contributed by atoms with van der Waals surface area (Å²) in [7, 11) is 0. The summed E-state index contributed by atoms with van der Waals surface area (Å²) < 4.78 is 37.7. The molecule has 0 aromatic carbocycles. The summed E-state index contributed by atoms with van der Waals surface area (Å²) in [5.74, 6) is -0.739. The van der Waals surface area contributed by atoms with Crippen LogP contribution in [0.2, 0.25) is 0 Å². The van der Waals surface area contributed by atoms with E-state index >= 15 is 0 Å². The molecule has 2 heterocycles. The summed E-state index contributed by atoms with van der Waals surface area (Å²) in [6.45, 7) is 2.56. The fourth-order valence-corrected chi connectivity index (χ4v) is 2.97. The minimum absolute atomic E-state index is 0.0825. The molecule has 0 unspecified atom stereocenters. The number of alkyl halides is 3. The second-order valence-electron chi connectivity index (χ2n) is 5.90. The topological polar surface area (TPSA) is 36.4 Å². The van der Waals surface area contributed by atoms with Crippen LogP contribution >= 0.6 is 0 Å². The molecular weight excluding hydrogens is 307 g/mol. The Morgan fingerprint density at radius 1 is 1.39 bits per heavy atom. The summed E-state index contributed by atoms with van der Waals surface area (Å²) >= 11 is 0. The van der Waals surface area contributed by atoms with Crippen LogP contribution in [0.25, 0.3) is 0 Å². The van der Waals surface area contributed by atoms with Crippen molar-refractivity contribution in [2.75, 3.05) is 26.2 Å². The van der Waals surface area contributed by atoms with E-state index in [1.165, 1.54) is 0 Å². The fourth-order valence-electron chi connectivity index (χ4n) is 2.97. The van der Waals surface area contributed by atoms with Crippen LogP contribution in [0.3, 0.4) is 0 Å². The molecule has 128 valence electrons. The largest absolute Gasteiger partial charge is 0.406 e. The van der Waals surface area contributed by atoms with Crippen molar-refractivity contribution in [3.8, 4) is 0 Å². The number of nitrogens with zero attached hydrogens (tertiary/aromatic N) is 3. The third-order valence-electron chi connectivity index (χ3n) is 4.07. The Balaban J connectivity index is 1.95. The van der Waals surface area contributed by atoms with Crippen molar-refractivity contribution >= 4 is 5.91 Å². The highest BCUT2D eigenvalue weighted by Crippen LogP contribution is 2.23. The highest BCUT2D eigenvalue weighted by atomic mass is 19.4. The van der Waals surface area contributed by atoms with Gasteiger partial charge in [-0.15, -0.1) is 0 Å². The van der Waals surface area contributed by atoms with Crippen LogP contribution in [0.5, 0.6) is 0 Å². The molecule has 1 aliphatic heterocycles. The molecular formula is C16H22F3N3O. The number of aromatic nitrogens is 1. The highest BCUT2D eigenvalue weighted by molar-refractivity contribution is 5.79. The lowest BCUT2D eigenvalue weighted by Gasteiger charge is -2.35. The Kier molecular flexibility index (Phi) is 5.98. The van der Waals surface area contributed by atoms with Gasteiger partial charge in [-0.3, -0.25) is 14.7 Å². The number of halogens is 3. The molecule has 0 aliphatic carbocycles. The monoisotopic (exact) mass is 329 g/mol. The van der Waals surface area contributed by atoms with E-state index in [9.17, 15) is 18.0 Å². The van der Waals surface area contributed by atoms with E-state index in [1.54, 1.807) is 19.3 Å². The Hall–Kier alpha value is -1.63. The van der Waals surface area contributed by atoms with Crippen molar-refractivity contribution < 1.29 is 18.0 Å². The molecule has 0 spiro atoms. The fraction of sp³-hybridized carbons (Fsp3) is 0.625. The second kappa shape index (κ2) is 7.77. The average molecular weight is 329 g/mol. The summed E-state index contributed by atoms with van der Waals surface area (Å²) in [6.07, 6.45) is 0.552. The zero-order valence-corrected chi connectivity index (χ0v) is 13.2. The maximum absolute atomic E-state index is 12.6. The maximum atomic E-state index is 12.6. The Morgan fingerprint density at radius 3 is 2.70 bits per heavy atom. The smallest absolute Gasteiger partial charge is 0.334 e. The van der Waals surface area contributed by atoms with E-state index in [-0.39, 0.29) is 18.4 Å². The normalized spacial score (nSPS) is 19.6. The molecule has 7 heteroatoms. The van der Waals surface area contributed by atoms with Crippen LogP contribution in [0.15, 0.2) is 24.5 Å². The molecule has 23 heavy (non-hydrogen) atoms. The predicted molar refractivity (Wildman–Crippen MR) is 80.5 cm³/mol. The van der Waals surface area contributed by atoms with Gasteiger partial charge in [-0.2, -0.15) is 13.2 Å². The first-order valence-electron chi connectivity index (χ1n) is 7.86. The molecule has 1 amide bonds. The molecule has 1 aliphatic rings. The summed E-state index contributed by atoms with van der Waals surface area (Å²) in [4.78, 5) is 19.4. The first kappa shape index (κ1) is 17.7. The molecule has 1 aromatic heterocycles. The first-order valence-corrected chi connectivity index (χ1v) is 7.86. The molecule has 4 nitrogen and oxygen atoms in total. The number of rotatable bonds is 5. The first-order chi connectivity index (χ1) is 10.9. The van der Waals surface area contributed by atoms with Gasteiger partial charge >= 0.3 is 6.18 Å². The Morgan fingerprint density at radius 2 is 2.09 bits per heavy atom. The van der Waals surface area contributed by atoms with Crippen LogP contribution in [0, 0.1) is 5.92 Å². The number of pyridine rings is 1. The lowest BCUT2D eigenvalue weighted by atomic mass is 9.96. The summed E-state index contributed by atoms with van der Waals surface area (Å²) in [5, 5.41) is 0. The molecule has 0 N–H and O–H groups in total. The van der Waals surface area contributed by atoms with Gasteiger partial charge in [0.05, 0.1) is 5.92 Å². The molecule has 0 saturated carbocycles. The SMILES string of the molecule is CCN(CC(F)(F)F)C(=O)[C@H]1CCCN(Cc2ccncc2)C1. The van der Waals surface area contributed by atoms with Gasteiger partial charge in [0, 0.05) is 32.0 Å². The van der Waals surface area contributed by atoms with E-state index in [2.05, 4.69) is 9.88 Å². The molecule has 1 saturated heterocycles. The average Bonchev–Trinajstić information content (AvgIpc) is 2.52. The van der Waals surface area contributed by atoms with Gasteiger partial charge in [0.2, 0.25) is 5.91 Å². The van der Waals surface area contributed by atoms with E-state index in [4.69, 9.17) is 0 Å². The Bertz CT molecular complexity index is 507. The van der Waals surface area contributed by atoms with Crippen molar-refractivity contribution in [2.24, 2.45) is 5.92 Å². The quantitative estimate of drug-likeness (QED) is 0.833. The van der Waals surface area contributed by atoms with Crippen LogP contribution in [-0.2, 0) is 11.3 Å². The van der Waals surface area contributed by atoms with Gasteiger partial charge < -0.3 is 4.90 Å². The molecule has 1 atom stereocenters. The zero-order chi connectivity index (χ0) is 16.9. The molecule has 2 rings (SSSR count). The van der Waals surface area contributed by atoms with Crippen molar-refractivity contribution in [1.29, 1.82) is 0 Å². The lowest BCUT2D eigenvalue weighted by Crippen LogP contribution is -2.47. The number of carbonyl (C=O) groups is 1. The third kappa shape index (κ3) is 5.49. The second-order valence-corrected chi connectivity index (χ2v) is 5.90. The Labute approximate surface area is 134 Å². The van der Waals surface area contributed by atoms with Gasteiger partial charge in [0.15, 0.2) is 0 Å². The van der Waals surface area contributed by atoms with Gasteiger partial charge in [-0.25, -0.2) is 0 Å². The number of hydrogen-bond acceptors (Lipinski definition) is 3. The van der Waals surface area contributed by atoms with Gasteiger partial charge in [-0.1, -0.05) is 0 Å². The van der Waals surface area contributed by atoms with Crippen LogP contribution < -0.4 is 0 Å². The molecule has 0 radical (unpaired) electrons. The van der Waals surface area contributed by atoms with Crippen LogP contribution in [0.4, 0.5) is 13.2 Å². The molecule has 1 fully saturated rings. The van der Waals surface area contributed by atoms with E-state index in [0.717, 1.165) is 23.4 Å².